The second-order valence-corrected chi connectivity index (χ2v) is 8.16. The van der Waals surface area contributed by atoms with Gasteiger partial charge in [-0.25, -0.2) is 0 Å². The zero-order chi connectivity index (χ0) is 20.2. The van der Waals surface area contributed by atoms with Gasteiger partial charge in [-0.2, -0.15) is 9.97 Å². The molecule has 3 N–H and O–H groups in total. The zero-order valence-electron chi connectivity index (χ0n) is 17.4. The van der Waals surface area contributed by atoms with E-state index < -0.39 is 0 Å². The van der Waals surface area contributed by atoms with Gasteiger partial charge in [0.15, 0.2) is 11.6 Å². The average Bonchev–Trinajstić information content (AvgIpc) is 3.18. The quantitative estimate of drug-likeness (QED) is 0.662. The molecule has 0 aliphatic carbocycles. The number of nitrogens with zero attached hydrogens (tertiary/aromatic N) is 4. The van der Waals surface area contributed by atoms with Gasteiger partial charge < -0.3 is 25.5 Å². The summed E-state index contributed by atoms with van der Waals surface area (Å²) in [6, 6.07) is 11.0. The fraction of sp³-hybridized carbons (Fsp3) is 0.545. The number of fused-ring (bicyclic) bond motifs is 1. The standard InChI is InChI=1S/C22H32N6O/c1-16(2)28-15-24-19-20(23-14-17-8-4-3-5-9-17)25-22(26-21(19)28)27-12-7-6-10-18(27)11-13-29/h3-5,8-9,16,18,24,29H,6-7,10-15H2,1-2H3,(H,23,25,26). The molecule has 3 heterocycles. The Balaban J connectivity index is 1.67. The van der Waals surface area contributed by atoms with Crippen LogP contribution < -0.4 is 20.4 Å². The number of rotatable bonds is 7. The molecule has 1 fully saturated rings. The van der Waals surface area contributed by atoms with Gasteiger partial charge in [-0.1, -0.05) is 30.3 Å². The minimum absolute atomic E-state index is 0.199. The number of hydrogen-bond donors (Lipinski definition) is 3. The Kier molecular flexibility index (Phi) is 6.04. The van der Waals surface area contributed by atoms with Crippen molar-refractivity contribution in [3.8, 4) is 0 Å². The van der Waals surface area contributed by atoms with Crippen LogP contribution in [0.15, 0.2) is 30.3 Å². The molecule has 1 aromatic heterocycles. The molecule has 7 nitrogen and oxygen atoms in total. The molecule has 0 radical (unpaired) electrons. The lowest BCUT2D eigenvalue weighted by molar-refractivity contribution is 0.262. The minimum Gasteiger partial charge on any atom is -0.396 e. The molecule has 7 heteroatoms. The Morgan fingerprint density at radius 3 is 2.79 bits per heavy atom. The predicted octanol–water partition coefficient (Wildman–Crippen LogP) is 3.43. The minimum atomic E-state index is 0.199. The number of benzene rings is 1. The molecule has 2 aromatic rings. The van der Waals surface area contributed by atoms with Crippen LogP contribution in [0.25, 0.3) is 0 Å². The Morgan fingerprint density at radius 1 is 1.21 bits per heavy atom. The smallest absolute Gasteiger partial charge is 0.229 e. The molecular formula is C22H32N6O. The molecule has 2 aliphatic heterocycles. The van der Waals surface area contributed by atoms with Crippen LogP contribution in [0, 0.1) is 0 Å². The monoisotopic (exact) mass is 396 g/mol. The first kappa shape index (κ1) is 19.8. The third-order valence-electron chi connectivity index (χ3n) is 5.85. The highest BCUT2D eigenvalue weighted by atomic mass is 16.3. The molecule has 0 spiro atoms. The van der Waals surface area contributed by atoms with Gasteiger partial charge in [0, 0.05) is 31.8 Å². The number of anilines is 4. The maximum Gasteiger partial charge on any atom is 0.229 e. The van der Waals surface area contributed by atoms with Crippen LogP contribution in [0.1, 0.15) is 45.1 Å². The Bertz CT molecular complexity index is 810. The number of nitrogens with one attached hydrogen (secondary N) is 2. The third-order valence-corrected chi connectivity index (χ3v) is 5.85. The first-order valence-corrected chi connectivity index (χ1v) is 10.7. The normalized spacial score (nSPS) is 18.7. The molecule has 29 heavy (non-hydrogen) atoms. The van der Waals surface area contributed by atoms with E-state index in [4.69, 9.17) is 9.97 Å². The van der Waals surface area contributed by atoms with E-state index in [1.54, 1.807) is 0 Å². The number of hydrogen-bond acceptors (Lipinski definition) is 7. The van der Waals surface area contributed by atoms with Gasteiger partial charge in [-0.3, -0.25) is 0 Å². The SMILES string of the molecule is CC(C)N1CNc2c(NCc3ccccc3)nc(N3CCCCC3CCO)nc21. The molecule has 1 saturated heterocycles. The lowest BCUT2D eigenvalue weighted by Gasteiger charge is -2.36. The zero-order valence-corrected chi connectivity index (χ0v) is 17.4. The van der Waals surface area contributed by atoms with Crippen molar-refractivity contribution in [2.24, 2.45) is 0 Å². The summed E-state index contributed by atoms with van der Waals surface area (Å²) in [6.45, 7) is 6.97. The molecule has 0 saturated carbocycles. The molecular weight excluding hydrogens is 364 g/mol. The van der Waals surface area contributed by atoms with Crippen LogP contribution in [0.5, 0.6) is 0 Å². The first-order chi connectivity index (χ1) is 14.2. The highest BCUT2D eigenvalue weighted by molar-refractivity contribution is 5.83. The van der Waals surface area contributed by atoms with Crippen LogP contribution in [0.4, 0.5) is 23.3 Å². The first-order valence-electron chi connectivity index (χ1n) is 10.7. The maximum atomic E-state index is 9.52. The average molecular weight is 397 g/mol. The van der Waals surface area contributed by atoms with E-state index in [9.17, 15) is 5.11 Å². The van der Waals surface area contributed by atoms with Crippen LogP contribution in [-0.2, 0) is 6.54 Å². The van der Waals surface area contributed by atoms with E-state index in [1.165, 1.54) is 12.0 Å². The third kappa shape index (κ3) is 4.24. The molecule has 0 bridgehead atoms. The molecule has 0 amide bonds. The second kappa shape index (κ2) is 8.86. The fourth-order valence-corrected chi connectivity index (χ4v) is 4.23. The van der Waals surface area contributed by atoms with Gasteiger partial charge >= 0.3 is 0 Å². The Morgan fingerprint density at radius 2 is 2.03 bits per heavy atom. The second-order valence-electron chi connectivity index (χ2n) is 8.16. The van der Waals surface area contributed by atoms with Gasteiger partial charge in [0.1, 0.15) is 5.69 Å². The van der Waals surface area contributed by atoms with E-state index in [2.05, 4.69) is 58.5 Å². The van der Waals surface area contributed by atoms with Crippen LogP contribution in [0.2, 0.25) is 0 Å². The van der Waals surface area contributed by atoms with E-state index in [0.29, 0.717) is 18.6 Å². The molecule has 1 atom stereocenters. The molecule has 4 rings (SSSR count). The molecule has 1 aromatic carbocycles. The van der Waals surface area contributed by atoms with E-state index in [1.807, 2.05) is 6.07 Å². The maximum absolute atomic E-state index is 9.52. The Hall–Kier alpha value is -2.54. The van der Waals surface area contributed by atoms with Gasteiger partial charge in [-0.05, 0) is 45.1 Å². The van der Waals surface area contributed by atoms with Gasteiger partial charge in [0.05, 0.1) is 6.67 Å². The summed E-state index contributed by atoms with van der Waals surface area (Å²) in [5.41, 5.74) is 2.20. The summed E-state index contributed by atoms with van der Waals surface area (Å²) < 4.78 is 0. The topological polar surface area (TPSA) is 76.5 Å². The van der Waals surface area contributed by atoms with Crippen LogP contribution in [0.3, 0.4) is 0 Å². The van der Waals surface area contributed by atoms with Crippen molar-refractivity contribution in [2.45, 2.75) is 58.2 Å². The van der Waals surface area contributed by atoms with Gasteiger partial charge in [-0.15, -0.1) is 0 Å². The summed E-state index contributed by atoms with van der Waals surface area (Å²) >= 11 is 0. The highest BCUT2D eigenvalue weighted by Crippen LogP contribution is 2.39. The van der Waals surface area contributed by atoms with Crippen molar-refractivity contribution in [1.29, 1.82) is 0 Å². The summed E-state index contributed by atoms with van der Waals surface area (Å²) in [6.07, 6.45) is 4.19. The molecule has 2 aliphatic rings. The van der Waals surface area contributed by atoms with E-state index in [-0.39, 0.29) is 6.61 Å². The van der Waals surface area contributed by atoms with Gasteiger partial charge in [0.25, 0.3) is 0 Å². The van der Waals surface area contributed by atoms with E-state index >= 15 is 0 Å². The highest BCUT2D eigenvalue weighted by Gasteiger charge is 2.31. The lowest BCUT2D eigenvalue weighted by Crippen LogP contribution is -2.41. The van der Waals surface area contributed by atoms with Crippen LogP contribution in [-0.4, -0.2) is 47.0 Å². The predicted molar refractivity (Wildman–Crippen MR) is 119 cm³/mol. The van der Waals surface area contributed by atoms with Crippen molar-refractivity contribution in [3.05, 3.63) is 35.9 Å². The Labute approximate surface area is 173 Å². The van der Waals surface area contributed by atoms with Gasteiger partial charge in [0.2, 0.25) is 5.95 Å². The summed E-state index contributed by atoms with van der Waals surface area (Å²) in [7, 11) is 0. The number of aliphatic hydroxyl groups excluding tert-OH is 1. The molecule has 1 unspecified atom stereocenters. The molecule has 156 valence electrons. The summed E-state index contributed by atoms with van der Waals surface area (Å²) in [4.78, 5) is 14.5. The van der Waals surface area contributed by atoms with Crippen molar-refractivity contribution >= 4 is 23.3 Å². The summed E-state index contributed by atoms with van der Waals surface area (Å²) in [5, 5.41) is 16.5. The van der Waals surface area contributed by atoms with Crippen LogP contribution >= 0.6 is 0 Å². The van der Waals surface area contributed by atoms with E-state index in [0.717, 1.165) is 55.7 Å². The largest absolute Gasteiger partial charge is 0.396 e. The number of aliphatic hydroxyl groups is 1. The van der Waals surface area contributed by atoms with Crippen molar-refractivity contribution < 1.29 is 5.11 Å². The van der Waals surface area contributed by atoms with Crippen molar-refractivity contribution in [1.82, 2.24) is 9.97 Å². The fourth-order valence-electron chi connectivity index (χ4n) is 4.23. The summed E-state index contributed by atoms with van der Waals surface area (Å²) in [5.74, 6) is 2.59. The number of aromatic nitrogens is 2. The van der Waals surface area contributed by atoms with Crippen molar-refractivity contribution in [3.63, 3.8) is 0 Å². The number of piperidine rings is 1. The lowest BCUT2D eigenvalue weighted by atomic mass is 10.0. The van der Waals surface area contributed by atoms with Crippen molar-refractivity contribution in [2.75, 3.05) is 40.3 Å².